The van der Waals surface area contributed by atoms with Crippen LogP contribution in [0.25, 0.3) is 0 Å². The van der Waals surface area contributed by atoms with E-state index in [1.165, 1.54) is 0 Å². The fourth-order valence-corrected chi connectivity index (χ4v) is 3.98. The Morgan fingerprint density at radius 1 is 1.25 bits per heavy atom. The van der Waals surface area contributed by atoms with Gasteiger partial charge in [-0.1, -0.05) is 0 Å². The van der Waals surface area contributed by atoms with Crippen LogP contribution in [0.3, 0.4) is 0 Å². The van der Waals surface area contributed by atoms with Crippen molar-refractivity contribution in [3.8, 4) is 0 Å². The van der Waals surface area contributed by atoms with Crippen LogP contribution in [0.5, 0.6) is 0 Å². The molecule has 1 unspecified atom stereocenters. The van der Waals surface area contributed by atoms with E-state index in [2.05, 4.69) is 4.74 Å². The summed E-state index contributed by atoms with van der Waals surface area (Å²) in [5.41, 5.74) is 1.06. The predicted octanol–water partition coefficient (Wildman–Crippen LogP) is 1.75. The van der Waals surface area contributed by atoms with Gasteiger partial charge in [0.25, 0.3) is 0 Å². The van der Waals surface area contributed by atoms with E-state index in [0.29, 0.717) is 13.2 Å². The number of hydrogen-bond donors (Lipinski definition) is 0. The molecule has 1 heterocycles. The zero-order valence-electron chi connectivity index (χ0n) is 8.72. The van der Waals surface area contributed by atoms with Gasteiger partial charge >= 0.3 is 100 Å². The third-order valence-corrected chi connectivity index (χ3v) is 5.62. The van der Waals surface area contributed by atoms with Crippen LogP contribution in [0.15, 0.2) is 30.3 Å². The second-order valence-corrected chi connectivity index (χ2v) is 7.83. The molecule has 0 bridgehead atoms. The first-order valence-electron chi connectivity index (χ1n) is 5.12. The van der Waals surface area contributed by atoms with Gasteiger partial charge in [-0.3, -0.25) is 0 Å². The Bertz CT molecular complexity index is 390. The fourth-order valence-electron chi connectivity index (χ4n) is 1.54. The van der Waals surface area contributed by atoms with Crippen LogP contribution in [-0.2, 0) is 38.0 Å². The van der Waals surface area contributed by atoms with E-state index in [0.717, 1.165) is 5.56 Å². The maximum atomic E-state index is 11.2. The Morgan fingerprint density at radius 3 is 2.62 bits per heavy atom. The number of carbonyl (C=O) groups excluding carboxylic acids is 2. The van der Waals surface area contributed by atoms with Gasteiger partial charge in [-0.25, -0.2) is 0 Å². The van der Waals surface area contributed by atoms with Crippen LogP contribution in [0.2, 0.25) is 4.51 Å². The quantitative estimate of drug-likeness (QED) is 0.476. The van der Waals surface area contributed by atoms with E-state index in [4.69, 9.17) is 4.74 Å². The second-order valence-electron chi connectivity index (χ2n) is 3.69. The van der Waals surface area contributed by atoms with Crippen LogP contribution in [0.1, 0.15) is 5.56 Å². The molecule has 0 N–H and O–H groups in total. The number of rotatable bonds is 4. The van der Waals surface area contributed by atoms with Crippen molar-refractivity contribution in [2.45, 2.75) is 11.1 Å². The summed E-state index contributed by atoms with van der Waals surface area (Å²) in [4.78, 5) is 22.0. The van der Waals surface area contributed by atoms with Crippen molar-refractivity contribution in [3.63, 3.8) is 0 Å². The molecule has 80 valence electrons. The van der Waals surface area contributed by atoms with Crippen LogP contribution >= 0.6 is 0 Å². The van der Waals surface area contributed by atoms with Gasteiger partial charge in [0, 0.05) is 0 Å². The molecule has 1 aliphatic rings. The molecule has 0 aliphatic carbocycles. The molecule has 1 aromatic carbocycles. The third kappa shape index (κ3) is 2.97. The number of hydrogen-bond acceptors (Lipinski definition) is 4. The summed E-state index contributed by atoms with van der Waals surface area (Å²) in [7, 11) is 0. The monoisotopic (exact) mass is 270 g/mol. The molecular formula is C11H10O4Zn. The molecule has 0 spiro atoms. The van der Waals surface area contributed by atoms with Crippen molar-refractivity contribution in [3.05, 3.63) is 35.9 Å². The summed E-state index contributed by atoms with van der Waals surface area (Å²) >= 11 is -1.53. The van der Waals surface area contributed by atoms with Crippen LogP contribution in [0.4, 0.5) is 4.79 Å². The summed E-state index contributed by atoms with van der Waals surface area (Å²) in [6, 6.07) is 9.72. The molecule has 0 radical (unpaired) electrons. The van der Waals surface area contributed by atoms with Crippen LogP contribution in [0, 0.1) is 0 Å². The van der Waals surface area contributed by atoms with Gasteiger partial charge in [0.1, 0.15) is 0 Å². The first-order chi connectivity index (χ1) is 7.75. The molecule has 0 amide bonds. The molecule has 0 saturated carbocycles. The Kier molecular flexibility index (Phi) is 3.80. The molecule has 2 rings (SSSR count). The van der Waals surface area contributed by atoms with Crippen molar-refractivity contribution in [1.29, 1.82) is 0 Å². The average Bonchev–Trinajstić information content (AvgIpc) is 2.59. The second kappa shape index (κ2) is 5.33. The number of carbonyl (C=O) groups is 2. The molecule has 16 heavy (non-hydrogen) atoms. The van der Waals surface area contributed by atoms with Crippen LogP contribution in [-0.4, -0.2) is 17.1 Å². The zero-order chi connectivity index (χ0) is 11.4. The van der Waals surface area contributed by atoms with Gasteiger partial charge in [0.05, 0.1) is 0 Å². The summed E-state index contributed by atoms with van der Waals surface area (Å²) in [5.74, 6) is -0.391. The van der Waals surface area contributed by atoms with Crippen molar-refractivity contribution >= 4 is 10.5 Å². The molecular weight excluding hydrogens is 262 g/mol. The van der Waals surface area contributed by atoms with E-state index in [9.17, 15) is 9.59 Å². The number of esters is 1. The summed E-state index contributed by atoms with van der Waals surface area (Å²) in [6.07, 6.45) is 0. The minimum absolute atomic E-state index is 0.247. The summed E-state index contributed by atoms with van der Waals surface area (Å²) in [6.45, 7) is 0.792. The van der Waals surface area contributed by atoms with Gasteiger partial charge in [-0.05, 0) is 0 Å². The summed E-state index contributed by atoms with van der Waals surface area (Å²) in [5, 5.41) is 0. The molecule has 0 aromatic heterocycles. The molecule has 4 nitrogen and oxygen atoms in total. The zero-order valence-corrected chi connectivity index (χ0v) is 11.7. The van der Waals surface area contributed by atoms with Gasteiger partial charge < -0.3 is 0 Å². The van der Waals surface area contributed by atoms with Gasteiger partial charge in [-0.15, -0.1) is 0 Å². The number of cyclic esters (lactones) is 2. The predicted molar refractivity (Wildman–Crippen MR) is 51.3 cm³/mol. The van der Waals surface area contributed by atoms with Crippen molar-refractivity contribution in [2.24, 2.45) is 0 Å². The van der Waals surface area contributed by atoms with Crippen molar-refractivity contribution in [2.75, 3.05) is 6.61 Å². The number of benzene rings is 1. The van der Waals surface area contributed by atoms with E-state index in [1.807, 2.05) is 30.3 Å². The van der Waals surface area contributed by atoms with Crippen LogP contribution < -0.4 is 0 Å². The maximum absolute atomic E-state index is 11.2. The molecule has 1 aromatic rings. The van der Waals surface area contributed by atoms with Gasteiger partial charge in [0.15, 0.2) is 0 Å². The Balaban J connectivity index is 1.76. The van der Waals surface area contributed by atoms with E-state index in [1.54, 1.807) is 0 Å². The third-order valence-electron chi connectivity index (χ3n) is 2.39. The SMILES string of the molecule is O=[C]1OC(=O)[CH](COCc2ccccc2)[Zn]1. The van der Waals surface area contributed by atoms with Gasteiger partial charge in [0.2, 0.25) is 0 Å². The first-order valence-corrected chi connectivity index (χ1v) is 8.31. The van der Waals surface area contributed by atoms with E-state index < -0.39 is 23.1 Å². The van der Waals surface area contributed by atoms with E-state index >= 15 is 0 Å². The Labute approximate surface area is 101 Å². The minimum atomic E-state index is -1.53. The normalized spacial score (nSPS) is 18.9. The van der Waals surface area contributed by atoms with Crippen molar-refractivity contribution < 1.29 is 36.2 Å². The fraction of sp³-hybridized carbons (Fsp3) is 0.273. The Hall–Kier alpha value is -1.06. The standard InChI is InChI=1S/C11H10O4.Zn/c12-9-15-11(13)6-7-14-8-10-4-2-1-3-5-10;/h1-6H,7-8H2;. The first kappa shape index (κ1) is 11.4. The molecule has 1 saturated heterocycles. The Morgan fingerprint density at radius 2 is 2.00 bits per heavy atom. The van der Waals surface area contributed by atoms with E-state index in [-0.39, 0.29) is 9.08 Å². The molecule has 1 atom stereocenters. The topological polar surface area (TPSA) is 52.6 Å². The van der Waals surface area contributed by atoms with Gasteiger partial charge in [-0.2, -0.15) is 0 Å². The average molecular weight is 272 g/mol. The number of ether oxygens (including phenoxy) is 2. The molecule has 1 fully saturated rings. The van der Waals surface area contributed by atoms with Crippen molar-refractivity contribution in [1.82, 2.24) is 0 Å². The molecule has 1 aliphatic heterocycles. The molecule has 5 heteroatoms. The summed E-state index contributed by atoms with van der Waals surface area (Å²) < 4.78 is 9.40.